The Morgan fingerprint density at radius 3 is 2.67 bits per heavy atom. The average molecular weight is 448 g/mol. The lowest BCUT2D eigenvalue weighted by atomic mass is 9.99. The van der Waals surface area contributed by atoms with E-state index in [2.05, 4.69) is 20.2 Å². The summed E-state index contributed by atoms with van der Waals surface area (Å²) in [7, 11) is 1.50. The Labute approximate surface area is 188 Å². The molecule has 0 amide bonds. The van der Waals surface area contributed by atoms with Gasteiger partial charge in [0.2, 0.25) is 5.88 Å². The van der Waals surface area contributed by atoms with Crippen molar-refractivity contribution in [2.24, 2.45) is 0 Å². The number of nitrogens with zero attached hydrogens (tertiary/aromatic N) is 3. The number of anilines is 1. The highest BCUT2D eigenvalue weighted by atomic mass is 19.1. The maximum absolute atomic E-state index is 16.0. The minimum Gasteiger partial charge on any atom is -0.508 e. The van der Waals surface area contributed by atoms with Gasteiger partial charge >= 0.3 is 0 Å². The van der Waals surface area contributed by atoms with Crippen LogP contribution in [0.3, 0.4) is 0 Å². The van der Waals surface area contributed by atoms with E-state index in [0.717, 1.165) is 31.6 Å². The van der Waals surface area contributed by atoms with Gasteiger partial charge in [0.15, 0.2) is 5.82 Å². The van der Waals surface area contributed by atoms with Crippen LogP contribution in [0.4, 0.5) is 14.5 Å². The third kappa shape index (κ3) is 3.24. The van der Waals surface area contributed by atoms with Gasteiger partial charge in [-0.2, -0.15) is 0 Å². The Kier molecular flexibility index (Phi) is 4.58. The molecular weight excluding hydrogens is 426 g/mol. The number of rotatable bonds is 3. The van der Waals surface area contributed by atoms with E-state index >= 15 is 4.39 Å². The van der Waals surface area contributed by atoms with Crippen molar-refractivity contribution in [3.63, 3.8) is 0 Å². The first-order chi connectivity index (χ1) is 16.0. The van der Waals surface area contributed by atoms with Crippen molar-refractivity contribution in [3.8, 4) is 22.9 Å². The van der Waals surface area contributed by atoms with Gasteiger partial charge in [0, 0.05) is 53.8 Å². The molecule has 0 saturated carbocycles. The minimum absolute atomic E-state index is 0.0689. The van der Waals surface area contributed by atoms with E-state index in [1.165, 1.54) is 25.3 Å². The number of hydrogen-bond donors (Lipinski definition) is 2. The normalized spacial score (nSPS) is 20.0. The van der Waals surface area contributed by atoms with Gasteiger partial charge in [-0.1, -0.05) is 12.1 Å². The van der Waals surface area contributed by atoms with Crippen LogP contribution in [-0.2, 0) is 0 Å². The van der Waals surface area contributed by atoms with Crippen LogP contribution >= 0.6 is 0 Å². The van der Waals surface area contributed by atoms with Gasteiger partial charge in [-0.05, 0) is 36.4 Å². The number of phenols is 1. The molecule has 2 N–H and O–H groups in total. The summed E-state index contributed by atoms with van der Waals surface area (Å²) in [5, 5.41) is 15.0. The number of halogens is 2. The predicted molar refractivity (Wildman–Crippen MR) is 123 cm³/mol. The fourth-order valence-electron chi connectivity index (χ4n) is 5.21. The van der Waals surface area contributed by atoms with E-state index in [1.807, 2.05) is 6.07 Å². The standard InChI is InChI=1S/C25H22F2N4O2/c1-33-21-9-20(31-11-14-5-6-15(12-31)29-14)18-10-28-24(23(27)25(18)30-21)17-8-16(32)7-13-3-2-4-19(26)22(13)17/h2-4,7-10,14-15,29,32H,5-6,11-12H2,1H3. The molecule has 2 fully saturated rings. The van der Waals surface area contributed by atoms with Crippen LogP contribution in [0.25, 0.3) is 32.9 Å². The van der Waals surface area contributed by atoms with Gasteiger partial charge < -0.3 is 20.1 Å². The third-order valence-electron chi connectivity index (χ3n) is 6.68. The van der Waals surface area contributed by atoms with E-state index in [1.54, 1.807) is 18.3 Å². The number of methoxy groups -OCH3 is 1. The highest BCUT2D eigenvalue weighted by molar-refractivity contribution is 6.00. The molecule has 2 aromatic heterocycles. The summed E-state index contributed by atoms with van der Waals surface area (Å²) in [6.07, 6.45) is 3.82. The molecule has 2 saturated heterocycles. The van der Waals surface area contributed by atoms with Crippen molar-refractivity contribution in [1.82, 2.24) is 15.3 Å². The van der Waals surface area contributed by atoms with Crippen molar-refractivity contribution in [2.75, 3.05) is 25.1 Å². The molecule has 0 spiro atoms. The molecule has 2 aliphatic rings. The first kappa shape index (κ1) is 20.1. The molecular formula is C25H22F2N4O2. The molecule has 168 valence electrons. The number of piperazine rings is 1. The summed E-state index contributed by atoms with van der Waals surface area (Å²) in [6.45, 7) is 1.62. The first-order valence-electron chi connectivity index (χ1n) is 11.0. The number of aromatic hydroxyl groups is 1. The van der Waals surface area contributed by atoms with Gasteiger partial charge in [0.05, 0.1) is 12.8 Å². The van der Waals surface area contributed by atoms with Crippen molar-refractivity contribution in [3.05, 3.63) is 54.2 Å². The zero-order valence-electron chi connectivity index (χ0n) is 18.0. The zero-order valence-corrected chi connectivity index (χ0v) is 18.0. The van der Waals surface area contributed by atoms with Gasteiger partial charge in [0.25, 0.3) is 0 Å². The Hall–Kier alpha value is -3.52. The Morgan fingerprint density at radius 1 is 1.12 bits per heavy atom. The third-order valence-corrected chi connectivity index (χ3v) is 6.68. The summed E-state index contributed by atoms with van der Waals surface area (Å²) in [4.78, 5) is 11.0. The number of pyridine rings is 2. The van der Waals surface area contributed by atoms with Crippen LogP contribution in [0.2, 0.25) is 0 Å². The number of nitrogens with one attached hydrogen (secondary N) is 1. The average Bonchev–Trinajstić information content (AvgIpc) is 3.15. The quantitative estimate of drug-likeness (QED) is 0.485. The molecule has 6 nitrogen and oxygen atoms in total. The number of aromatic nitrogens is 2. The molecule has 0 radical (unpaired) electrons. The maximum atomic E-state index is 16.0. The van der Waals surface area contributed by atoms with E-state index < -0.39 is 11.6 Å². The predicted octanol–water partition coefficient (Wildman–Crippen LogP) is 4.38. The van der Waals surface area contributed by atoms with Gasteiger partial charge in [-0.25, -0.2) is 13.8 Å². The van der Waals surface area contributed by atoms with Crippen LogP contribution in [-0.4, -0.2) is 47.4 Å². The summed E-state index contributed by atoms with van der Waals surface area (Å²) < 4.78 is 36.1. The lowest BCUT2D eigenvalue weighted by Crippen LogP contribution is -2.51. The molecule has 0 aliphatic carbocycles. The van der Waals surface area contributed by atoms with E-state index in [0.29, 0.717) is 28.7 Å². The van der Waals surface area contributed by atoms with Crippen LogP contribution in [0.5, 0.6) is 11.6 Å². The summed E-state index contributed by atoms with van der Waals surface area (Å²) in [5.41, 5.74) is 1.03. The molecule has 6 rings (SSSR count). The second-order valence-electron chi connectivity index (χ2n) is 8.74. The molecule has 2 atom stereocenters. The first-order valence-corrected chi connectivity index (χ1v) is 11.0. The lowest BCUT2D eigenvalue weighted by molar-refractivity contribution is 0.398. The number of benzene rings is 2. The maximum Gasteiger partial charge on any atom is 0.215 e. The van der Waals surface area contributed by atoms with Gasteiger partial charge in [-0.15, -0.1) is 0 Å². The van der Waals surface area contributed by atoms with Crippen LogP contribution in [0.1, 0.15) is 12.8 Å². The molecule has 2 aromatic carbocycles. The lowest BCUT2D eigenvalue weighted by Gasteiger charge is -2.35. The van der Waals surface area contributed by atoms with Crippen LogP contribution in [0, 0.1) is 11.6 Å². The monoisotopic (exact) mass is 448 g/mol. The number of phenolic OH excluding ortho intramolecular Hbond substituents is 1. The zero-order chi connectivity index (χ0) is 22.7. The molecule has 4 heterocycles. The summed E-state index contributed by atoms with van der Waals surface area (Å²) in [5.74, 6) is -0.994. The van der Waals surface area contributed by atoms with Crippen molar-refractivity contribution in [1.29, 1.82) is 0 Å². The van der Waals surface area contributed by atoms with Crippen molar-refractivity contribution < 1.29 is 18.6 Å². The van der Waals surface area contributed by atoms with Crippen molar-refractivity contribution in [2.45, 2.75) is 24.9 Å². The molecule has 2 unspecified atom stereocenters. The molecule has 2 bridgehead atoms. The smallest absolute Gasteiger partial charge is 0.215 e. The molecule has 8 heteroatoms. The molecule has 4 aromatic rings. The van der Waals surface area contributed by atoms with Crippen LogP contribution in [0.15, 0.2) is 42.6 Å². The highest BCUT2D eigenvalue weighted by Crippen LogP contribution is 2.39. The Bertz CT molecular complexity index is 1400. The highest BCUT2D eigenvalue weighted by Gasteiger charge is 2.33. The van der Waals surface area contributed by atoms with Crippen LogP contribution < -0.4 is 15.0 Å². The van der Waals surface area contributed by atoms with Crippen molar-refractivity contribution >= 4 is 27.4 Å². The van der Waals surface area contributed by atoms with Gasteiger partial charge in [0.1, 0.15) is 22.8 Å². The number of hydrogen-bond acceptors (Lipinski definition) is 6. The largest absolute Gasteiger partial charge is 0.508 e. The molecule has 33 heavy (non-hydrogen) atoms. The second kappa shape index (κ2) is 7.52. The van der Waals surface area contributed by atoms with E-state index in [9.17, 15) is 9.50 Å². The minimum atomic E-state index is -0.680. The Balaban J connectivity index is 1.57. The summed E-state index contributed by atoms with van der Waals surface area (Å²) >= 11 is 0. The fourth-order valence-corrected chi connectivity index (χ4v) is 5.21. The SMILES string of the molecule is COc1cc(N2CC3CCC(C2)N3)c2cnc(-c3cc(O)cc4cccc(F)c34)c(F)c2n1. The number of ether oxygens (including phenoxy) is 1. The fraction of sp³-hybridized carbons (Fsp3) is 0.280. The molecule has 2 aliphatic heterocycles. The summed E-state index contributed by atoms with van der Waals surface area (Å²) in [6, 6.07) is 9.91. The second-order valence-corrected chi connectivity index (χ2v) is 8.74. The Morgan fingerprint density at radius 2 is 1.91 bits per heavy atom. The van der Waals surface area contributed by atoms with E-state index in [-0.39, 0.29) is 27.9 Å². The van der Waals surface area contributed by atoms with E-state index in [4.69, 9.17) is 4.74 Å². The topological polar surface area (TPSA) is 70.5 Å². The number of fused-ring (bicyclic) bond motifs is 4. The van der Waals surface area contributed by atoms with Gasteiger partial charge in [-0.3, -0.25) is 4.98 Å².